The van der Waals surface area contributed by atoms with E-state index in [-0.39, 0.29) is 0 Å². The highest BCUT2D eigenvalue weighted by atomic mass is 15.1. The number of aromatic nitrogens is 1. The van der Waals surface area contributed by atoms with Gasteiger partial charge in [-0.1, -0.05) is 140 Å². The number of nitrogens with zero attached hydrogens (tertiary/aromatic N) is 2. The van der Waals surface area contributed by atoms with Gasteiger partial charge in [0.05, 0.1) is 5.69 Å². The van der Waals surface area contributed by atoms with Gasteiger partial charge in [-0.25, -0.2) is 0 Å². The summed E-state index contributed by atoms with van der Waals surface area (Å²) in [6, 6.07) is 67.5. The zero-order valence-electron chi connectivity index (χ0n) is 26.9. The van der Waals surface area contributed by atoms with Crippen molar-refractivity contribution >= 4 is 49.4 Å². The van der Waals surface area contributed by atoms with Crippen LogP contribution in [-0.4, -0.2) is 4.98 Å². The molecule has 1 heterocycles. The summed E-state index contributed by atoms with van der Waals surface area (Å²) in [5, 5.41) is 7.36. The molecule has 0 bridgehead atoms. The smallest absolute Gasteiger partial charge is 0.0708 e. The number of anilines is 3. The molecule has 2 heteroatoms. The molecule has 2 nitrogen and oxygen atoms in total. The van der Waals surface area contributed by atoms with Gasteiger partial charge in [-0.05, 0) is 103 Å². The molecule has 230 valence electrons. The van der Waals surface area contributed by atoms with E-state index in [1.165, 1.54) is 54.6 Å². The molecule has 0 aliphatic carbocycles. The SMILES string of the molecule is c1ccc(N(c2ccc(-c3cccc4cccc(-c5ccccn5)c34)cc2)c2cc(-c3cccc4ccccc34)c3ccccc3c2)cc1. The van der Waals surface area contributed by atoms with Crippen molar-refractivity contribution in [1.82, 2.24) is 4.98 Å². The largest absolute Gasteiger partial charge is 0.310 e. The minimum atomic E-state index is 0.978. The molecule has 0 aliphatic heterocycles. The lowest BCUT2D eigenvalue weighted by atomic mass is 9.92. The van der Waals surface area contributed by atoms with Crippen LogP contribution in [0.4, 0.5) is 17.1 Å². The maximum Gasteiger partial charge on any atom is 0.0708 e. The number of hydrogen-bond acceptors (Lipinski definition) is 2. The Morgan fingerprint density at radius 3 is 1.69 bits per heavy atom. The number of para-hydroxylation sites is 1. The summed E-state index contributed by atoms with van der Waals surface area (Å²) in [6.07, 6.45) is 1.86. The molecule has 0 fully saturated rings. The summed E-state index contributed by atoms with van der Waals surface area (Å²) < 4.78 is 0. The van der Waals surface area contributed by atoms with E-state index in [9.17, 15) is 0 Å². The molecule has 0 saturated heterocycles. The Labute approximate surface area is 286 Å². The molecule has 9 aromatic rings. The van der Waals surface area contributed by atoms with Crippen molar-refractivity contribution in [2.75, 3.05) is 4.90 Å². The van der Waals surface area contributed by atoms with E-state index in [2.05, 4.69) is 187 Å². The van der Waals surface area contributed by atoms with Gasteiger partial charge in [-0.2, -0.15) is 0 Å². The number of hydrogen-bond donors (Lipinski definition) is 0. The average Bonchev–Trinajstić information content (AvgIpc) is 3.18. The summed E-state index contributed by atoms with van der Waals surface area (Å²) in [7, 11) is 0. The molecule has 0 atom stereocenters. The summed E-state index contributed by atoms with van der Waals surface area (Å²) >= 11 is 0. The number of pyridine rings is 1. The monoisotopic (exact) mass is 624 g/mol. The third-order valence-corrected chi connectivity index (χ3v) is 9.48. The molecule has 0 aliphatic rings. The first-order valence-electron chi connectivity index (χ1n) is 16.7. The normalized spacial score (nSPS) is 11.3. The molecule has 9 rings (SSSR count). The summed E-state index contributed by atoms with van der Waals surface area (Å²) in [6.45, 7) is 0. The molecule has 1 aromatic heterocycles. The van der Waals surface area contributed by atoms with Crippen LogP contribution in [-0.2, 0) is 0 Å². The Morgan fingerprint density at radius 2 is 0.939 bits per heavy atom. The fourth-order valence-electron chi connectivity index (χ4n) is 7.24. The van der Waals surface area contributed by atoms with Crippen molar-refractivity contribution < 1.29 is 0 Å². The van der Waals surface area contributed by atoms with Crippen molar-refractivity contribution in [2.45, 2.75) is 0 Å². The fraction of sp³-hybridized carbons (Fsp3) is 0. The molecule has 0 N–H and O–H groups in total. The molecule has 8 aromatic carbocycles. The highest BCUT2D eigenvalue weighted by Gasteiger charge is 2.18. The maximum atomic E-state index is 4.70. The number of rotatable bonds is 6. The van der Waals surface area contributed by atoms with Crippen LogP contribution in [0.2, 0.25) is 0 Å². The fourth-order valence-corrected chi connectivity index (χ4v) is 7.24. The first kappa shape index (κ1) is 28.7. The lowest BCUT2D eigenvalue weighted by Crippen LogP contribution is -2.10. The van der Waals surface area contributed by atoms with Crippen LogP contribution in [0, 0.1) is 0 Å². The maximum absolute atomic E-state index is 4.70. The predicted octanol–water partition coefficient (Wildman–Crippen LogP) is 13.0. The topological polar surface area (TPSA) is 16.1 Å². The second-order valence-electron chi connectivity index (χ2n) is 12.4. The Kier molecular flexibility index (Phi) is 7.18. The first-order valence-corrected chi connectivity index (χ1v) is 16.7. The van der Waals surface area contributed by atoms with E-state index in [0.29, 0.717) is 0 Å². The van der Waals surface area contributed by atoms with Gasteiger partial charge in [-0.15, -0.1) is 0 Å². The zero-order valence-corrected chi connectivity index (χ0v) is 26.9. The van der Waals surface area contributed by atoms with Gasteiger partial charge in [0.15, 0.2) is 0 Å². The van der Waals surface area contributed by atoms with Gasteiger partial charge in [0, 0.05) is 28.8 Å². The predicted molar refractivity (Wildman–Crippen MR) is 208 cm³/mol. The van der Waals surface area contributed by atoms with E-state index < -0.39 is 0 Å². The molecule has 0 spiro atoms. The van der Waals surface area contributed by atoms with Gasteiger partial charge < -0.3 is 4.90 Å². The van der Waals surface area contributed by atoms with E-state index >= 15 is 0 Å². The van der Waals surface area contributed by atoms with Gasteiger partial charge in [-0.3, -0.25) is 4.98 Å². The standard InChI is InChI=1S/C47H32N2/c1-2-18-37(19-3-1)49(39-31-36-14-5-7-21-41(36)45(32-39)43-23-10-15-33-13-4-6-20-40(33)43)38-28-26-34(27-29-38)42-22-11-16-35-17-12-24-44(47(35)42)46-25-8-9-30-48-46/h1-32H. The van der Waals surface area contributed by atoms with Crippen molar-refractivity contribution in [1.29, 1.82) is 0 Å². The van der Waals surface area contributed by atoms with Crippen LogP contribution in [0.25, 0.3) is 65.8 Å². The average molecular weight is 625 g/mol. The number of benzene rings is 8. The lowest BCUT2D eigenvalue weighted by molar-refractivity contribution is 1.29. The van der Waals surface area contributed by atoms with Crippen LogP contribution >= 0.6 is 0 Å². The van der Waals surface area contributed by atoms with Crippen molar-refractivity contribution in [2.24, 2.45) is 0 Å². The van der Waals surface area contributed by atoms with Crippen LogP contribution < -0.4 is 4.90 Å². The Hall–Kier alpha value is -6.51. The van der Waals surface area contributed by atoms with Crippen molar-refractivity contribution in [3.8, 4) is 33.5 Å². The highest BCUT2D eigenvalue weighted by Crippen LogP contribution is 2.43. The Morgan fingerprint density at radius 1 is 0.347 bits per heavy atom. The van der Waals surface area contributed by atoms with Crippen LogP contribution in [0.15, 0.2) is 194 Å². The third kappa shape index (κ3) is 5.21. The molecule has 0 unspecified atom stereocenters. The van der Waals surface area contributed by atoms with Crippen LogP contribution in [0.1, 0.15) is 0 Å². The van der Waals surface area contributed by atoms with Gasteiger partial charge >= 0.3 is 0 Å². The van der Waals surface area contributed by atoms with E-state index in [4.69, 9.17) is 4.98 Å². The quantitative estimate of drug-likeness (QED) is 0.183. The van der Waals surface area contributed by atoms with Gasteiger partial charge in [0.25, 0.3) is 0 Å². The molecule has 0 radical (unpaired) electrons. The van der Waals surface area contributed by atoms with Crippen molar-refractivity contribution in [3.05, 3.63) is 194 Å². The third-order valence-electron chi connectivity index (χ3n) is 9.48. The number of fused-ring (bicyclic) bond motifs is 3. The highest BCUT2D eigenvalue weighted by molar-refractivity contribution is 6.08. The first-order chi connectivity index (χ1) is 24.3. The van der Waals surface area contributed by atoms with E-state index in [0.717, 1.165) is 28.3 Å². The summed E-state index contributed by atoms with van der Waals surface area (Å²) in [5.41, 5.74) is 10.3. The van der Waals surface area contributed by atoms with Crippen molar-refractivity contribution in [3.63, 3.8) is 0 Å². The van der Waals surface area contributed by atoms with Gasteiger partial charge in [0.2, 0.25) is 0 Å². The molecule has 49 heavy (non-hydrogen) atoms. The zero-order chi connectivity index (χ0) is 32.6. The summed E-state index contributed by atoms with van der Waals surface area (Å²) in [5.74, 6) is 0. The van der Waals surface area contributed by atoms with Crippen LogP contribution in [0.5, 0.6) is 0 Å². The molecule has 0 saturated carbocycles. The molecular weight excluding hydrogens is 593 g/mol. The molecular formula is C47H32N2. The van der Waals surface area contributed by atoms with E-state index in [1.807, 2.05) is 12.3 Å². The Bertz CT molecular complexity index is 2580. The minimum absolute atomic E-state index is 0.978. The Balaban J connectivity index is 1.21. The van der Waals surface area contributed by atoms with Gasteiger partial charge in [0.1, 0.15) is 0 Å². The molecule has 0 amide bonds. The minimum Gasteiger partial charge on any atom is -0.310 e. The second-order valence-corrected chi connectivity index (χ2v) is 12.4. The second kappa shape index (κ2) is 12.3. The van der Waals surface area contributed by atoms with E-state index in [1.54, 1.807) is 0 Å². The lowest BCUT2D eigenvalue weighted by Gasteiger charge is -2.27. The van der Waals surface area contributed by atoms with Crippen LogP contribution in [0.3, 0.4) is 0 Å². The summed E-state index contributed by atoms with van der Waals surface area (Å²) in [4.78, 5) is 7.07.